The number of carboxylic acids is 1. The van der Waals surface area contributed by atoms with Crippen LogP contribution >= 0.6 is 0 Å². The molecule has 0 amide bonds. The predicted octanol–water partition coefficient (Wildman–Crippen LogP) is 2.39. The molecule has 1 aromatic carbocycles. The summed E-state index contributed by atoms with van der Waals surface area (Å²) in [5, 5.41) is 19.8. The molecule has 6 heteroatoms. The van der Waals surface area contributed by atoms with Crippen molar-refractivity contribution in [1.82, 2.24) is 0 Å². The summed E-state index contributed by atoms with van der Waals surface area (Å²) in [6.07, 6.45) is 0. The van der Waals surface area contributed by atoms with Gasteiger partial charge in [-0.05, 0) is 12.0 Å². The quantitative estimate of drug-likeness (QED) is 0.642. The number of benzene rings is 1. The molecule has 0 atom stereocenters. The topological polar surface area (TPSA) is 83.7 Å². The maximum absolute atomic E-state index is 11.1. The summed E-state index contributed by atoms with van der Waals surface area (Å²) in [5.74, 6) is -0.758. The third-order valence-corrected chi connectivity index (χ3v) is 2.47. The summed E-state index contributed by atoms with van der Waals surface area (Å²) >= 11 is 0. The second kappa shape index (κ2) is 5.48. The third-order valence-electron chi connectivity index (χ3n) is 2.47. The highest BCUT2D eigenvalue weighted by Crippen LogP contribution is 2.26. The number of aromatic carboxylic acids is 1. The fraction of sp³-hybridized carbons (Fsp3) is 0.417. The average Bonchev–Trinajstić information content (AvgIpc) is 2.26. The molecule has 0 fully saturated rings. The number of nitrogens with zero attached hydrogens (tertiary/aromatic N) is 2. The molecule has 0 bridgehead atoms. The molecule has 0 aliphatic carbocycles. The van der Waals surface area contributed by atoms with Gasteiger partial charge in [0.15, 0.2) is 0 Å². The van der Waals surface area contributed by atoms with Crippen LogP contribution in [0.15, 0.2) is 18.2 Å². The smallest absolute Gasteiger partial charge is 0.337 e. The van der Waals surface area contributed by atoms with E-state index in [4.69, 9.17) is 5.11 Å². The average molecular weight is 252 g/mol. The van der Waals surface area contributed by atoms with Gasteiger partial charge in [0.05, 0.1) is 16.2 Å². The van der Waals surface area contributed by atoms with Crippen molar-refractivity contribution in [1.29, 1.82) is 0 Å². The zero-order valence-corrected chi connectivity index (χ0v) is 10.6. The lowest BCUT2D eigenvalue weighted by molar-refractivity contribution is -0.384. The van der Waals surface area contributed by atoms with Crippen molar-refractivity contribution < 1.29 is 14.8 Å². The number of nitro groups is 1. The summed E-state index contributed by atoms with van der Waals surface area (Å²) < 4.78 is 0. The first-order chi connectivity index (χ1) is 8.32. The monoisotopic (exact) mass is 252 g/mol. The van der Waals surface area contributed by atoms with Crippen LogP contribution in [-0.4, -0.2) is 29.6 Å². The van der Waals surface area contributed by atoms with Crippen LogP contribution in [-0.2, 0) is 0 Å². The predicted molar refractivity (Wildman–Crippen MR) is 68.2 cm³/mol. The fourth-order valence-electron chi connectivity index (χ4n) is 1.78. The first-order valence-corrected chi connectivity index (χ1v) is 5.55. The van der Waals surface area contributed by atoms with Crippen molar-refractivity contribution in [2.24, 2.45) is 5.92 Å². The zero-order valence-electron chi connectivity index (χ0n) is 10.6. The van der Waals surface area contributed by atoms with Crippen molar-refractivity contribution in [3.63, 3.8) is 0 Å². The van der Waals surface area contributed by atoms with E-state index in [0.29, 0.717) is 18.2 Å². The Labute approximate surface area is 105 Å². The molecular formula is C12H16N2O4. The number of nitro benzene ring substituents is 1. The lowest BCUT2D eigenvalue weighted by Gasteiger charge is -2.22. The van der Waals surface area contributed by atoms with E-state index in [2.05, 4.69) is 0 Å². The minimum atomic E-state index is -1.09. The second-order valence-corrected chi connectivity index (χ2v) is 4.54. The number of carbonyl (C=O) groups is 1. The van der Waals surface area contributed by atoms with E-state index in [1.807, 2.05) is 13.8 Å². The van der Waals surface area contributed by atoms with Gasteiger partial charge in [-0.15, -0.1) is 0 Å². The Kier molecular flexibility index (Phi) is 4.25. The van der Waals surface area contributed by atoms with Gasteiger partial charge in [-0.3, -0.25) is 10.1 Å². The van der Waals surface area contributed by atoms with Crippen LogP contribution in [0.4, 0.5) is 11.4 Å². The zero-order chi connectivity index (χ0) is 13.9. The SMILES string of the molecule is CC(C)CN(C)c1cc([N+](=O)[O-])ccc1C(=O)O. The molecule has 0 aliphatic rings. The van der Waals surface area contributed by atoms with Crippen molar-refractivity contribution in [3.05, 3.63) is 33.9 Å². The molecule has 1 N–H and O–H groups in total. The Hall–Kier alpha value is -2.11. The van der Waals surface area contributed by atoms with Gasteiger partial charge in [0.1, 0.15) is 0 Å². The molecule has 6 nitrogen and oxygen atoms in total. The molecule has 1 aromatic rings. The Bertz CT molecular complexity index is 471. The Balaban J connectivity index is 3.22. The lowest BCUT2D eigenvalue weighted by Crippen LogP contribution is -2.24. The number of hydrogen-bond donors (Lipinski definition) is 1. The Morgan fingerprint density at radius 2 is 2.11 bits per heavy atom. The standard InChI is InChI=1S/C12H16N2O4/c1-8(2)7-13(3)11-6-9(14(17)18)4-5-10(11)12(15)16/h4-6,8H,7H2,1-3H3,(H,15,16). The molecule has 0 heterocycles. The molecule has 0 unspecified atom stereocenters. The molecule has 0 radical (unpaired) electrons. The number of anilines is 1. The number of carboxylic acid groups (broad SMARTS) is 1. The summed E-state index contributed by atoms with van der Waals surface area (Å²) in [4.78, 5) is 23.0. The van der Waals surface area contributed by atoms with E-state index < -0.39 is 10.9 Å². The van der Waals surface area contributed by atoms with Gasteiger partial charge in [-0.1, -0.05) is 13.8 Å². The first kappa shape index (κ1) is 14.0. The first-order valence-electron chi connectivity index (χ1n) is 5.55. The Morgan fingerprint density at radius 1 is 1.50 bits per heavy atom. The van der Waals surface area contributed by atoms with Crippen molar-refractivity contribution in [2.45, 2.75) is 13.8 Å². The fourth-order valence-corrected chi connectivity index (χ4v) is 1.78. The minimum Gasteiger partial charge on any atom is -0.478 e. The highest BCUT2D eigenvalue weighted by atomic mass is 16.6. The molecule has 98 valence electrons. The van der Waals surface area contributed by atoms with Crippen LogP contribution in [0, 0.1) is 16.0 Å². The summed E-state index contributed by atoms with van der Waals surface area (Å²) in [7, 11) is 1.73. The number of hydrogen-bond acceptors (Lipinski definition) is 4. The van der Waals surface area contributed by atoms with Gasteiger partial charge < -0.3 is 10.0 Å². The van der Waals surface area contributed by atoms with E-state index >= 15 is 0 Å². The molecule has 0 aromatic heterocycles. The van der Waals surface area contributed by atoms with Gasteiger partial charge >= 0.3 is 5.97 Å². The van der Waals surface area contributed by atoms with Crippen LogP contribution in [0.2, 0.25) is 0 Å². The number of non-ortho nitro benzene ring substituents is 1. The summed E-state index contributed by atoms with van der Waals surface area (Å²) in [5.41, 5.74) is 0.333. The van der Waals surface area contributed by atoms with Gasteiger partial charge in [0.25, 0.3) is 5.69 Å². The van der Waals surface area contributed by atoms with Crippen LogP contribution in [0.5, 0.6) is 0 Å². The van der Waals surface area contributed by atoms with Gasteiger partial charge in [0, 0.05) is 25.7 Å². The lowest BCUT2D eigenvalue weighted by atomic mass is 10.1. The normalized spacial score (nSPS) is 10.4. The van der Waals surface area contributed by atoms with Crippen LogP contribution in [0.3, 0.4) is 0 Å². The van der Waals surface area contributed by atoms with Crippen LogP contribution in [0.25, 0.3) is 0 Å². The second-order valence-electron chi connectivity index (χ2n) is 4.54. The third kappa shape index (κ3) is 3.19. The molecule has 1 rings (SSSR count). The highest BCUT2D eigenvalue weighted by Gasteiger charge is 2.18. The van der Waals surface area contributed by atoms with E-state index in [0.717, 1.165) is 0 Å². The highest BCUT2D eigenvalue weighted by molar-refractivity contribution is 5.95. The minimum absolute atomic E-state index is 0.0729. The van der Waals surface area contributed by atoms with Gasteiger partial charge in [0.2, 0.25) is 0 Å². The molecular weight excluding hydrogens is 236 g/mol. The van der Waals surface area contributed by atoms with E-state index in [1.165, 1.54) is 18.2 Å². The summed E-state index contributed by atoms with van der Waals surface area (Å²) in [6, 6.07) is 3.77. The van der Waals surface area contributed by atoms with E-state index in [9.17, 15) is 14.9 Å². The maximum atomic E-state index is 11.1. The number of rotatable bonds is 5. The molecule has 0 aliphatic heterocycles. The van der Waals surface area contributed by atoms with E-state index in [-0.39, 0.29) is 11.3 Å². The van der Waals surface area contributed by atoms with Crippen LogP contribution < -0.4 is 4.90 Å². The van der Waals surface area contributed by atoms with E-state index in [1.54, 1.807) is 11.9 Å². The van der Waals surface area contributed by atoms with Crippen molar-refractivity contribution in [3.8, 4) is 0 Å². The van der Waals surface area contributed by atoms with Crippen molar-refractivity contribution >= 4 is 17.3 Å². The van der Waals surface area contributed by atoms with Crippen molar-refractivity contribution in [2.75, 3.05) is 18.5 Å². The largest absolute Gasteiger partial charge is 0.478 e. The molecule has 0 spiro atoms. The molecule has 0 saturated carbocycles. The summed E-state index contributed by atoms with van der Waals surface area (Å²) in [6.45, 7) is 4.62. The van der Waals surface area contributed by atoms with Gasteiger partial charge in [-0.2, -0.15) is 0 Å². The Morgan fingerprint density at radius 3 is 2.56 bits per heavy atom. The molecule has 0 saturated heterocycles. The van der Waals surface area contributed by atoms with Gasteiger partial charge in [-0.25, -0.2) is 4.79 Å². The maximum Gasteiger partial charge on any atom is 0.337 e. The van der Waals surface area contributed by atoms with Crippen LogP contribution in [0.1, 0.15) is 24.2 Å². The molecule has 18 heavy (non-hydrogen) atoms.